The molecule has 0 saturated heterocycles. The summed E-state index contributed by atoms with van der Waals surface area (Å²) in [6, 6.07) is 7.38. The molecule has 4 bridgehead atoms. The third kappa shape index (κ3) is 10.2. The van der Waals surface area contributed by atoms with Crippen molar-refractivity contribution in [1.82, 2.24) is 21.3 Å². The fourth-order valence-corrected chi connectivity index (χ4v) is 5.90. The van der Waals surface area contributed by atoms with Gasteiger partial charge < -0.3 is 46.7 Å². The molecular weight excluding hydrogens is 692 g/mol. The summed E-state index contributed by atoms with van der Waals surface area (Å²) in [6.45, 7) is 4.79. The largest absolute Gasteiger partial charge is 0.504 e. The number of aliphatic carboxylic acids is 1. The van der Waals surface area contributed by atoms with E-state index in [2.05, 4.69) is 21.3 Å². The number of rotatable bonds is 11. The number of carbonyl (C=O) groups excluding carboxylic acids is 4. The van der Waals surface area contributed by atoms with Crippen LogP contribution in [-0.4, -0.2) is 76.0 Å². The van der Waals surface area contributed by atoms with Gasteiger partial charge in [0.15, 0.2) is 17.5 Å². The van der Waals surface area contributed by atoms with Gasteiger partial charge in [0.2, 0.25) is 35.1 Å². The Morgan fingerprint density at radius 1 is 1.06 bits per heavy atom. The minimum absolute atomic E-state index is 0.0379. The predicted octanol–water partition coefficient (Wildman–Crippen LogP) is 1.99. The molecule has 17 nitrogen and oxygen atoms in total. The molecule has 0 spiro atoms. The first kappa shape index (κ1) is 39.6. The van der Waals surface area contributed by atoms with E-state index >= 15 is 0 Å². The number of benzene rings is 3. The van der Waals surface area contributed by atoms with Gasteiger partial charge in [-0.25, -0.2) is 4.79 Å². The van der Waals surface area contributed by atoms with Crippen LogP contribution >= 0.6 is 0 Å². The van der Waals surface area contributed by atoms with Crippen molar-refractivity contribution in [2.75, 3.05) is 7.11 Å². The quantitative estimate of drug-likeness (QED) is 0.110. The Morgan fingerprint density at radius 3 is 2.36 bits per heavy atom. The SMILES string of the molecule is COc1c(O)cc2cc1Oc1ccc(cc1[N+](=O)[O-])C[C@@H](NC(=O)[C@H](N)CC(C)C)C(=O)N[C@@H](Cc1ccccc1)C(=O)N[C@H]2[C@@H](NC(C)=O)C(=O)O. The summed E-state index contributed by atoms with van der Waals surface area (Å²) in [6.07, 6.45) is -0.103. The Balaban J connectivity index is 1.95. The zero-order chi connectivity index (χ0) is 39.0. The second kappa shape index (κ2) is 17.3. The molecule has 2 aliphatic rings. The summed E-state index contributed by atoms with van der Waals surface area (Å²) in [5.41, 5.74) is 6.28. The number of hydrogen-bond donors (Lipinski definition) is 7. The number of carboxylic acids is 1. The van der Waals surface area contributed by atoms with Crippen molar-refractivity contribution < 1.29 is 48.6 Å². The summed E-state index contributed by atoms with van der Waals surface area (Å²) < 4.78 is 11.2. The van der Waals surface area contributed by atoms with E-state index in [0.717, 1.165) is 19.1 Å². The molecule has 3 aromatic carbocycles. The first-order valence-electron chi connectivity index (χ1n) is 16.6. The van der Waals surface area contributed by atoms with Crippen LogP contribution in [-0.2, 0) is 36.8 Å². The highest BCUT2D eigenvalue weighted by Crippen LogP contribution is 2.44. The van der Waals surface area contributed by atoms with Crippen molar-refractivity contribution in [2.45, 2.75) is 70.2 Å². The van der Waals surface area contributed by atoms with Crippen molar-refractivity contribution >= 4 is 35.3 Å². The van der Waals surface area contributed by atoms with Crippen LogP contribution in [0.1, 0.15) is 49.9 Å². The monoisotopic (exact) mass is 734 g/mol. The van der Waals surface area contributed by atoms with E-state index in [4.69, 9.17) is 15.2 Å². The molecule has 0 radical (unpaired) electrons. The summed E-state index contributed by atoms with van der Waals surface area (Å²) in [7, 11) is 1.19. The van der Waals surface area contributed by atoms with Gasteiger partial charge in [-0.1, -0.05) is 50.2 Å². The van der Waals surface area contributed by atoms with Gasteiger partial charge in [0.25, 0.3) is 0 Å². The number of phenolic OH excluding ortho intramolecular Hbond substituents is 1. The maximum absolute atomic E-state index is 14.2. The fourth-order valence-electron chi connectivity index (χ4n) is 5.90. The maximum atomic E-state index is 14.2. The van der Waals surface area contributed by atoms with E-state index in [1.165, 1.54) is 25.3 Å². The van der Waals surface area contributed by atoms with Gasteiger partial charge in [-0.15, -0.1) is 0 Å². The average molecular weight is 735 g/mol. The number of nitrogens with one attached hydrogen (secondary N) is 4. The number of phenols is 1. The van der Waals surface area contributed by atoms with E-state index < -0.39 is 76.2 Å². The van der Waals surface area contributed by atoms with Crippen LogP contribution in [0.2, 0.25) is 0 Å². The van der Waals surface area contributed by atoms with Gasteiger partial charge >= 0.3 is 11.7 Å². The highest BCUT2D eigenvalue weighted by molar-refractivity contribution is 5.94. The van der Waals surface area contributed by atoms with Crippen LogP contribution in [0.4, 0.5) is 5.69 Å². The Kier molecular flexibility index (Phi) is 12.9. The average Bonchev–Trinajstić information content (AvgIpc) is 3.08. The summed E-state index contributed by atoms with van der Waals surface area (Å²) in [5.74, 6) is -6.21. The molecule has 0 saturated carbocycles. The summed E-state index contributed by atoms with van der Waals surface area (Å²) in [5, 5.41) is 43.7. The first-order chi connectivity index (χ1) is 25.1. The van der Waals surface area contributed by atoms with Gasteiger partial charge in [0.1, 0.15) is 12.1 Å². The lowest BCUT2D eigenvalue weighted by Gasteiger charge is -2.30. The van der Waals surface area contributed by atoms with E-state index in [1.807, 2.05) is 13.8 Å². The highest BCUT2D eigenvalue weighted by atomic mass is 16.6. The van der Waals surface area contributed by atoms with Crippen LogP contribution in [0.3, 0.4) is 0 Å². The number of aromatic hydroxyl groups is 1. The number of carbonyl (C=O) groups is 5. The first-order valence-corrected chi connectivity index (χ1v) is 16.6. The number of nitrogens with two attached hydrogens (primary N) is 1. The summed E-state index contributed by atoms with van der Waals surface area (Å²) in [4.78, 5) is 77.9. The minimum Gasteiger partial charge on any atom is -0.504 e. The van der Waals surface area contributed by atoms with Gasteiger partial charge in [-0.05, 0) is 47.2 Å². The molecule has 3 aromatic rings. The molecule has 4 amide bonds. The lowest BCUT2D eigenvalue weighted by Crippen LogP contribution is -2.58. The fraction of sp³-hybridized carbons (Fsp3) is 0.361. The van der Waals surface area contributed by atoms with Crippen molar-refractivity contribution in [3.63, 3.8) is 0 Å². The van der Waals surface area contributed by atoms with Crippen molar-refractivity contribution in [2.24, 2.45) is 11.7 Å². The molecule has 2 aliphatic heterocycles. The molecule has 0 fully saturated rings. The molecule has 2 heterocycles. The van der Waals surface area contributed by atoms with E-state index in [0.29, 0.717) is 5.56 Å². The molecule has 8 N–H and O–H groups in total. The maximum Gasteiger partial charge on any atom is 0.328 e. The Labute approximate surface area is 304 Å². The number of carboxylic acid groups (broad SMARTS) is 1. The lowest BCUT2D eigenvalue weighted by molar-refractivity contribution is -0.385. The number of nitrogens with zero attached hydrogens (tertiary/aromatic N) is 1. The number of nitro groups is 1. The Morgan fingerprint density at radius 2 is 1.75 bits per heavy atom. The highest BCUT2D eigenvalue weighted by Gasteiger charge is 2.37. The smallest absolute Gasteiger partial charge is 0.328 e. The second-order valence-corrected chi connectivity index (χ2v) is 13.0. The van der Waals surface area contributed by atoms with Crippen LogP contribution in [0, 0.1) is 16.0 Å². The zero-order valence-corrected chi connectivity index (χ0v) is 29.5. The molecule has 5 atom stereocenters. The minimum atomic E-state index is -1.84. The van der Waals surface area contributed by atoms with Gasteiger partial charge in [0, 0.05) is 25.8 Å². The van der Waals surface area contributed by atoms with Gasteiger partial charge in [0.05, 0.1) is 24.1 Å². The molecule has 0 aromatic heterocycles. The number of amides is 4. The molecule has 0 aliphatic carbocycles. The second-order valence-electron chi connectivity index (χ2n) is 13.0. The standard InChI is InChI=1S/C36H42N6O11/c1-18(2)12-23(37)33(45)39-25-14-21-10-11-28(26(15-21)42(50)51)53-29-17-22(16-27(44)32(29)52-4)30(31(36(48)49)38-19(3)43)41-35(47)24(40-34(25)46)13-20-8-6-5-7-9-20/h5-11,15-18,23-25,30-31,44H,12-14,37H2,1-4H3,(H,38,43)(H,39,45)(H,40,46)(H,41,47)(H,48,49)/t23-,24+,25-,30-,31-/m1/s1. The lowest BCUT2D eigenvalue weighted by atomic mass is 9.96. The van der Waals surface area contributed by atoms with Gasteiger partial charge in [-0.2, -0.15) is 0 Å². The molecule has 53 heavy (non-hydrogen) atoms. The third-order valence-electron chi connectivity index (χ3n) is 8.37. The summed E-state index contributed by atoms with van der Waals surface area (Å²) >= 11 is 0. The van der Waals surface area contributed by atoms with Crippen molar-refractivity contribution in [3.8, 4) is 23.0 Å². The number of nitro benzene ring substituents is 1. The van der Waals surface area contributed by atoms with E-state index in [-0.39, 0.29) is 53.6 Å². The predicted molar refractivity (Wildman–Crippen MR) is 189 cm³/mol. The molecule has 5 rings (SSSR count). The number of fused-ring (bicyclic) bond motifs is 9. The van der Waals surface area contributed by atoms with Crippen molar-refractivity contribution in [3.05, 3.63) is 87.5 Å². The van der Waals surface area contributed by atoms with Crippen LogP contribution in [0.15, 0.2) is 60.7 Å². The number of methoxy groups -OCH3 is 1. The molecule has 0 unspecified atom stereocenters. The van der Waals surface area contributed by atoms with Crippen LogP contribution < -0.4 is 36.5 Å². The molecule has 17 heteroatoms. The third-order valence-corrected chi connectivity index (χ3v) is 8.37. The van der Waals surface area contributed by atoms with Crippen LogP contribution in [0.5, 0.6) is 23.0 Å². The van der Waals surface area contributed by atoms with Crippen molar-refractivity contribution in [1.29, 1.82) is 0 Å². The number of hydrogen-bond acceptors (Lipinski definition) is 11. The Hall–Kier alpha value is -6.23. The Bertz CT molecular complexity index is 1870. The van der Waals surface area contributed by atoms with Crippen LogP contribution in [0.25, 0.3) is 0 Å². The van der Waals surface area contributed by atoms with E-state index in [9.17, 15) is 44.3 Å². The molecular formula is C36H42N6O11. The molecule has 282 valence electrons. The topological polar surface area (TPSA) is 262 Å². The van der Waals surface area contributed by atoms with E-state index in [1.54, 1.807) is 30.3 Å². The van der Waals surface area contributed by atoms with Gasteiger partial charge in [-0.3, -0.25) is 29.3 Å². The number of ether oxygens (including phenoxy) is 2. The normalized spacial score (nSPS) is 18.5. The zero-order valence-electron chi connectivity index (χ0n) is 29.5.